The fraction of sp³-hybridized carbons (Fsp3) is 0.583. The van der Waals surface area contributed by atoms with Gasteiger partial charge in [0.1, 0.15) is 0 Å². The second-order valence-corrected chi connectivity index (χ2v) is 4.69. The Labute approximate surface area is 95.7 Å². The van der Waals surface area contributed by atoms with Gasteiger partial charge in [-0.25, -0.2) is 0 Å². The van der Waals surface area contributed by atoms with E-state index in [-0.39, 0.29) is 11.9 Å². The van der Waals surface area contributed by atoms with Crippen molar-refractivity contribution in [3.05, 3.63) is 22.4 Å². The van der Waals surface area contributed by atoms with Gasteiger partial charge in [-0.2, -0.15) is 11.3 Å². The molecule has 0 aliphatic heterocycles. The number of rotatable bonds is 6. The summed E-state index contributed by atoms with van der Waals surface area (Å²) in [4.78, 5) is 11.4. The van der Waals surface area contributed by atoms with Crippen LogP contribution in [0.3, 0.4) is 0 Å². The van der Waals surface area contributed by atoms with Crippen LogP contribution in [-0.2, 0) is 11.2 Å². The molecular formula is C12H19NOS. The smallest absolute Gasteiger partial charge is 0.220 e. The summed E-state index contributed by atoms with van der Waals surface area (Å²) in [5.41, 5.74) is 1.31. The first-order valence-corrected chi connectivity index (χ1v) is 6.47. The summed E-state index contributed by atoms with van der Waals surface area (Å²) in [6, 6.07) is 2.35. The summed E-state index contributed by atoms with van der Waals surface area (Å²) >= 11 is 1.70. The SMILES string of the molecule is CCCCC(=O)NC(C)Cc1ccsc1. The lowest BCUT2D eigenvalue weighted by atomic mass is 10.1. The number of unbranched alkanes of at least 4 members (excludes halogenated alkanes) is 1. The molecule has 84 valence electrons. The van der Waals surface area contributed by atoms with Gasteiger partial charge in [-0.1, -0.05) is 13.3 Å². The lowest BCUT2D eigenvalue weighted by molar-refractivity contribution is -0.121. The third-order valence-corrected chi connectivity index (χ3v) is 3.02. The summed E-state index contributed by atoms with van der Waals surface area (Å²) in [6.07, 6.45) is 3.65. The van der Waals surface area contributed by atoms with Crippen LogP contribution in [0.2, 0.25) is 0 Å². The summed E-state index contributed by atoms with van der Waals surface area (Å²) in [6.45, 7) is 4.16. The highest BCUT2D eigenvalue weighted by Crippen LogP contribution is 2.08. The molecule has 1 atom stereocenters. The van der Waals surface area contributed by atoms with E-state index in [9.17, 15) is 4.79 Å². The third-order valence-electron chi connectivity index (χ3n) is 2.29. The number of hydrogen-bond donors (Lipinski definition) is 1. The molecule has 0 fully saturated rings. The van der Waals surface area contributed by atoms with E-state index in [1.165, 1.54) is 5.56 Å². The van der Waals surface area contributed by atoms with Crippen LogP contribution in [0.4, 0.5) is 0 Å². The highest BCUT2D eigenvalue weighted by molar-refractivity contribution is 7.07. The van der Waals surface area contributed by atoms with E-state index in [1.54, 1.807) is 11.3 Å². The summed E-state index contributed by atoms with van der Waals surface area (Å²) in [5, 5.41) is 7.22. The number of nitrogens with one attached hydrogen (secondary N) is 1. The molecule has 0 aromatic carbocycles. The number of amides is 1. The second-order valence-electron chi connectivity index (χ2n) is 3.91. The third kappa shape index (κ3) is 4.98. The molecule has 0 spiro atoms. The first-order valence-electron chi connectivity index (χ1n) is 5.52. The minimum atomic E-state index is 0.180. The molecule has 15 heavy (non-hydrogen) atoms. The summed E-state index contributed by atoms with van der Waals surface area (Å²) in [5.74, 6) is 0.180. The Bertz CT molecular complexity index is 282. The lowest BCUT2D eigenvalue weighted by Gasteiger charge is -2.12. The predicted octanol–water partition coefficient (Wildman–Crippen LogP) is 2.99. The van der Waals surface area contributed by atoms with Crippen LogP contribution in [0.1, 0.15) is 38.7 Å². The van der Waals surface area contributed by atoms with Crippen molar-refractivity contribution in [2.24, 2.45) is 0 Å². The topological polar surface area (TPSA) is 29.1 Å². The van der Waals surface area contributed by atoms with Crippen molar-refractivity contribution in [2.45, 2.75) is 45.6 Å². The maximum atomic E-state index is 11.4. The van der Waals surface area contributed by atoms with Gasteiger partial charge < -0.3 is 5.32 Å². The summed E-state index contributed by atoms with van der Waals surface area (Å²) < 4.78 is 0. The van der Waals surface area contributed by atoms with Gasteiger partial charge in [0.05, 0.1) is 0 Å². The van der Waals surface area contributed by atoms with Crippen LogP contribution in [-0.4, -0.2) is 11.9 Å². The molecule has 1 unspecified atom stereocenters. The van der Waals surface area contributed by atoms with Crippen molar-refractivity contribution in [1.29, 1.82) is 0 Å². The quantitative estimate of drug-likeness (QED) is 0.792. The molecule has 1 N–H and O–H groups in total. The van der Waals surface area contributed by atoms with E-state index >= 15 is 0 Å². The Morgan fingerprint density at radius 1 is 1.60 bits per heavy atom. The van der Waals surface area contributed by atoms with Gasteiger partial charge in [0.15, 0.2) is 0 Å². The van der Waals surface area contributed by atoms with E-state index in [4.69, 9.17) is 0 Å². The maximum absolute atomic E-state index is 11.4. The van der Waals surface area contributed by atoms with Crippen LogP contribution in [0.25, 0.3) is 0 Å². The Hall–Kier alpha value is -0.830. The number of thiophene rings is 1. The van der Waals surface area contributed by atoms with Crippen molar-refractivity contribution in [3.63, 3.8) is 0 Å². The molecular weight excluding hydrogens is 206 g/mol. The van der Waals surface area contributed by atoms with Crippen LogP contribution < -0.4 is 5.32 Å². The molecule has 1 aromatic rings. The van der Waals surface area contributed by atoms with Gasteiger partial charge in [-0.05, 0) is 42.2 Å². The molecule has 0 bridgehead atoms. The first kappa shape index (κ1) is 12.2. The van der Waals surface area contributed by atoms with Crippen LogP contribution in [0.5, 0.6) is 0 Å². The minimum Gasteiger partial charge on any atom is -0.353 e. The van der Waals surface area contributed by atoms with E-state index in [1.807, 2.05) is 0 Å². The van der Waals surface area contributed by atoms with Crippen LogP contribution in [0, 0.1) is 0 Å². The van der Waals surface area contributed by atoms with Crippen molar-refractivity contribution < 1.29 is 4.79 Å². The number of carbonyl (C=O) groups is 1. The molecule has 0 saturated heterocycles. The molecule has 0 radical (unpaired) electrons. The molecule has 1 heterocycles. The van der Waals surface area contributed by atoms with Crippen molar-refractivity contribution in [1.82, 2.24) is 5.32 Å². The predicted molar refractivity (Wildman–Crippen MR) is 65.2 cm³/mol. The molecule has 1 aromatic heterocycles. The monoisotopic (exact) mass is 225 g/mol. The molecule has 2 nitrogen and oxygen atoms in total. The zero-order chi connectivity index (χ0) is 11.1. The molecule has 0 aliphatic carbocycles. The molecule has 3 heteroatoms. The highest BCUT2D eigenvalue weighted by atomic mass is 32.1. The minimum absolute atomic E-state index is 0.180. The molecule has 1 rings (SSSR count). The van der Waals surface area contributed by atoms with Gasteiger partial charge in [0, 0.05) is 12.5 Å². The van der Waals surface area contributed by atoms with Crippen molar-refractivity contribution in [3.8, 4) is 0 Å². The van der Waals surface area contributed by atoms with Gasteiger partial charge >= 0.3 is 0 Å². The Morgan fingerprint density at radius 2 is 2.40 bits per heavy atom. The fourth-order valence-corrected chi connectivity index (χ4v) is 2.18. The zero-order valence-corrected chi connectivity index (χ0v) is 10.3. The lowest BCUT2D eigenvalue weighted by Crippen LogP contribution is -2.33. The van der Waals surface area contributed by atoms with E-state index in [0.29, 0.717) is 6.42 Å². The van der Waals surface area contributed by atoms with E-state index in [2.05, 4.69) is 36.0 Å². The van der Waals surface area contributed by atoms with Gasteiger partial charge in [0.2, 0.25) is 5.91 Å². The standard InChI is InChI=1S/C12H19NOS/c1-3-4-5-12(14)13-10(2)8-11-6-7-15-9-11/h6-7,9-10H,3-5,8H2,1-2H3,(H,13,14). The molecule has 1 amide bonds. The van der Waals surface area contributed by atoms with Gasteiger partial charge in [0.25, 0.3) is 0 Å². The largest absolute Gasteiger partial charge is 0.353 e. The normalized spacial score (nSPS) is 12.4. The fourth-order valence-electron chi connectivity index (χ4n) is 1.50. The number of hydrogen-bond acceptors (Lipinski definition) is 2. The summed E-state index contributed by atoms with van der Waals surface area (Å²) in [7, 11) is 0. The van der Waals surface area contributed by atoms with Crippen molar-refractivity contribution >= 4 is 17.2 Å². The zero-order valence-electron chi connectivity index (χ0n) is 9.45. The van der Waals surface area contributed by atoms with Gasteiger partial charge in [-0.15, -0.1) is 0 Å². The highest BCUT2D eigenvalue weighted by Gasteiger charge is 2.07. The maximum Gasteiger partial charge on any atom is 0.220 e. The Morgan fingerprint density at radius 3 is 3.00 bits per heavy atom. The van der Waals surface area contributed by atoms with Crippen LogP contribution in [0.15, 0.2) is 16.8 Å². The first-order chi connectivity index (χ1) is 7.22. The van der Waals surface area contributed by atoms with Gasteiger partial charge in [-0.3, -0.25) is 4.79 Å². The van der Waals surface area contributed by atoms with Crippen LogP contribution >= 0.6 is 11.3 Å². The Balaban J connectivity index is 2.23. The molecule has 0 aliphatic rings. The number of carbonyl (C=O) groups excluding carboxylic acids is 1. The van der Waals surface area contributed by atoms with Crippen molar-refractivity contribution in [2.75, 3.05) is 0 Å². The average Bonchev–Trinajstić information content (AvgIpc) is 2.67. The molecule has 0 saturated carbocycles. The average molecular weight is 225 g/mol. The van der Waals surface area contributed by atoms with E-state index in [0.717, 1.165) is 19.3 Å². The second kappa shape index (κ2) is 6.62. The van der Waals surface area contributed by atoms with E-state index < -0.39 is 0 Å². The Kier molecular flexibility index (Phi) is 5.40.